The summed E-state index contributed by atoms with van der Waals surface area (Å²) in [5, 5.41) is 2.46. The molecule has 0 aromatic heterocycles. The quantitative estimate of drug-likeness (QED) is 0.732. The highest BCUT2D eigenvalue weighted by Crippen LogP contribution is 2.16. The summed E-state index contributed by atoms with van der Waals surface area (Å²) in [5.41, 5.74) is 5.72. The molecular formula is C17H14F2N2O5. The Morgan fingerprint density at radius 2 is 1.73 bits per heavy atom. The maximum absolute atomic E-state index is 12.2. The van der Waals surface area contributed by atoms with Crippen LogP contribution in [0.1, 0.15) is 20.7 Å². The number of nitrogens with one attached hydrogen (secondary N) is 1. The average Bonchev–Trinajstić information content (AvgIpc) is 2.59. The molecule has 2 rings (SSSR count). The first kappa shape index (κ1) is 18.8. The lowest BCUT2D eigenvalue weighted by molar-refractivity contribution is -0.119. The van der Waals surface area contributed by atoms with Crippen molar-refractivity contribution in [2.75, 3.05) is 11.9 Å². The predicted octanol–water partition coefficient (Wildman–Crippen LogP) is 2.18. The van der Waals surface area contributed by atoms with E-state index < -0.39 is 31.0 Å². The monoisotopic (exact) mass is 364 g/mol. The lowest BCUT2D eigenvalue weighted by atomic mass is 10.2. The number of nitrogens with two attached hydrogens (primary N) is 1. The first-order valence-corrected chi connectivity index (χ1v) is 7.27. The Labute approximate surface area is 146 Å². The van der Waals surface area contributed by atoms with Crippen LogP contribution >= 0.6 is 0 Å². The molecule has 2 aromatic rings. The molecule has 9 heteroatoms. The van der Waals surface area contributed by atoms with E-state index in [1.807, 2.05) is 0 Å². The molecular weight excluding hydrogens is 350 g/mol. The SMILES string of the molecule is NC(=O)c1ccc(NC(=O)COC(=O)c2cccc(OC(F)F)c2)cc1. The van der Waals surface area contributed by atoms with Gasteiger partial charge < -0.3 is 20.5 Å². The van der Waals surface area contributed by atoms with E-state index in [1.54, 1.807) is 0 Å². The molecule has 26 heavy (non-hydrogen) atoms. The van der Waals surface area contributed by atoms with Crippen molar-refractivity contribution >= 4 is 23.5 Å². The van der Waals surface area contributed by atoms with Gasteiger partial charge in [0.05, 0.1) is 5.56 Å². The van der Waals surface area contributed by atoms with Crippen LogP contribution in [0.3, 0.4) is 0 Å². The Bertz CT molecular complexity index is 809. The summed E-state index contributed by atoms with van der Waals surface area (Å²) >= 11 is 0. The van der Waals surface area contributed by atoms with Crippen molar-refractivity contribution in [3.05, 3.63) is 59.7 Å². The van der Waals surface area contributed by atoms with Crippen LogP contribution in [0.25, 0.3) is 0 Å². The minimum Gasteiger partial charge on any atom is -0.452 e. The highest BCUT2D eigenvalue weighted by Gasteiger charge is 2.13. The fourth-order valence-corrected chi connectivity index (χ4v) is 1.93. The van der Waals surface area contributed by atoms with Gasteiger partial charge in [-0.15, -0.1) is 0 Å². The zero-order valence-corrected chi connectivity index (χ0v) is 13.3. The fourth-order valence-electron chi connectivity index (χ4n) is 1.93. The number of hydrogen-bond donors (Lipinski definition) is 2. The number of halogens is 2. The van der Waals surface area contributed by atoms with E-state index in [0.29, 0.717) is 5.69 Å². The molecule has 0 bridgehead atoms. The molecule has 0 radical (unpaired) electrons. The molecule has 0 saturated heterocycles. The average molecular weight is 364 g/mol. The lowest BCUT2D eigenvalue weighted by Gasteiger charge is -2.08. The molecule has 0 fully saturated rings. The summed E-state index contributed by atoms with van der Waals surface area (Å²) in [4.78, 5) is 34.6. The smallest absolute Gasteiger partial charge is 0.387 e. The Hall–Kier alpha value is -3.49. The molecule has 0 aliphatic heterocycles. The number of alkyl halides is 2. The van der Waals surface area contributed by atoms with Crippen molar-refractivity contribution < 1.29 is 32.6 Å². The number of amides is 2. The number of carbonyl (C=O) groups excluding carboxylic acids is 3. The molecule has 0 spiro atoms. The first-order chi connectivity index (χ1) is 12.3. The second-order valence-electron chi connectivity index (χ2n) is 4.97. The van der Waals surface area contributed by atoms with Crippen LogP contribution in [0.5, 0.6) is 5.75 Å². The van der Waals surface area contributed by atoms with Gasteiger partial charge in [0, 0.05) is 11.3 Å². The van der Waals surface area contributed by atoms with Crippen molar-refractivity contribution in [1.29, 1.82) is 0 Å². The van der Waals surface area contributed by atoms with Gasteiger partial charge in [0.25, 0.3) is 5.91 Å². The van der Waals surface area contributed by atoms with Gasteiger partial charge in [-0.2, -0.15) is 8.78 Å². The van der Waals surface area contributed by atoms with Gasteiger partial charge in [-0.05, 0) is 42.5 Å². The molecule has 7 nitrogen and oxygen atoms in total. The number of ether oxygens (including phenoxy) is 2. The van der Waals surface area contributed by atoms with Gasteiger partial charge in [-0.1, -0.05) is 6.07 Å². The third kappa shape index (κ3) is 5.55. The number of rotatable bonds is 7. The van der Waals surface area contributed by atoms with Crippen molar-refractivity contribution in [3.8, 4) is 5.75 Å². The zero-order chi connectivity index (χ0) is 19.1. The number of primary amides is 1. The van der Waals surface area contributed by atoms with E-state index in [-0.39, 0.29) is 16.9 Å². The molecule has 2 amide bonds. The van der Waals surface area contributed by atoms with Crippen LogP contribution in [-0.2, 0) is 9.53 Å². The summed E-state index contributed by atoms with van der Waals surface area (Å²) in [6.07, 6.45) is 0. The predicted molar refractivity (Wildman–Crippen MR) is 86.9 cm³/mol. The largest absolute Gasteiger partial charge is 0.452 e. The van der Waals surface area contributed by atoms with Crippen LogP contribution in [0, 0.1) is 0 Å². The van der Waals surface area contributed by atoms with Crippen LogP contribution in [0.15, 0.2) is 48.5 Å². The fraction of sp³-hybridized carbons (Fsp3) is 0.118. The van der Waals surface area contributed by atoms with Gasteiger partial charge >= 0.3 is 12.6 Å². The van der Waals surface area contributed by atoms with Crippen LogP contribution in [-0.4, -0.2) is 31.0 Å². The minimum atomic E-state index is -3.02. The van der Waals surface area contributed by atoms with Gasteiger partial charge in [0.1, 0.15) is 5.75 Å². The Balaban J connectivity index is 1.88. The molecule has 3 N–H and O–H groups in total. The number of benzene rings is 2. The number of esters is 1. The van der Waals surface area contributed by atoms with Gasteiger partial charge in [-0.25, -0.2) is 4.79 Å². The standard InChI is InChI=1S/C17H14F2N2O5/c18-17(19)26-13-3-1-2-11(8-13)16(24)25-9-14(22)21-12-6-4-10(5-7-12)15(20)23/h1-8,17H,9H2,(H2,20,23)(H,21,22). The van der Waals surface area contributed by atoms with E-state index in [0.717, 1.165) is 6.07 Å². The maximum atomic E-state index is 12.2. The summed E-state index contributed by atoms with van der Waals surface area (Å²) in [5.74, 6) is -2.29. The van der Waals surface area contributed by atoms with Crippen LogP contribution in [0.4, 0.5) is 14.5 Å². The zero-order valence-electron chi connectivity index (χ0n) is 13.3. The van der Waals surface area contributed by atoms with Crippen LogP contribution < -0.4 is 15.8 Å². The molecule has 0 aliphatic rings. The third-order valence-electron chi connectivity index (χ3n) is 3.08. The van der Waals surface area contributed by atoms with E-state index in [1.165, 1.54) is 42.5 Å². The molecule has 0 unspecified atom stereocenters. The molecule has 0 saturated carbocycles. The van der Waals surface area contributed by atoms with Crippen molar-refractivity contribution in [2.45, 2.75) is 6.61 Å². The summed E-state index contributed by atoms with van der Waals surface area (Å²) < 4.78 is 33.3. The molecule has 0 heterocycles. The molecule has 0 atom stereocenters. The Morgan fingerprint density at radius 1 is 1.04 bits per heavy atom. The molecule has 2 aromatic carbocycles. The summed E-state index contributed by atoms with van der Waals surface area (Å²) in [7, 11) is 0. The van der Waals surface area contributed by atoms with Gasteiger partial charge in [-0.3, -0.25) is 9.59 Å². The normalized spacial score (nSPS) is 10.3. The number of hydrogen-bond acceptors (Lipinski definition) is 5. The highest BCUT2D eigenvalue weighted by molar-refractivity contribution is 5.96. The second-order valence-corrected chi connectivity index (χ2v) is 4.97. The van der Waals surface area contributed by atoms with E-state index >= 15 is 0 Å². The van der Waals surface area contributed by atoms with Gasteiger partial charge in [0.2, 0.25) is 5.91 Å². The number of anilines is 1. The maximum Gasteiger partial charge on any atom is 0.387 e. The minimum absolute atomic E-state index is 0.0400. The van der Waals surface area contributed by atoms with Crippen molar-refractivity contribution in [1.82, 2.24) is 0 Å². The topological polar surface area (TPSA) is 108 Å². The second kappa shape index (κ2) is 8.56. The Morgan fingerprint density at radius 3 is 2.35 bits per heavy atom. The van der Waals surface area contributed by atoms with E-state index in [2.05, 4.69) is 10.1 Å². The van der Waals surface area contributed by atoms with Gasteiger partial charge in [0.15, 0.2) is 6.61 Å². The summed E-state index contributed by atoms with van der Waals surface area (Å²) in [6.45, 7) is -3.61. The first-order valence-electron chi connectivity index (χ1n) is 7.27. The number of carbonyl (C=O) groups is 3. The Kier molecular flexibility index (Phi) is 6.20. The van der Waals surface area contributed by atoms with E-state index in [9.17, 15) is 23.2 Å². The highest BCUT2D eigenvalue weighted by atomic mass is 19.3. The summed E-state index contributed by atoms with van der Waals surface area (Å²) in [6, 6.07) is 10.8. The molecule has 136 valence electrons. The third-order valence-corrected chi connectivity index (χ3v) is 3.08. The molecule has 0 aliphatic carbocycles. The van der Waals surface area contributed by atoms with Crippen LogP contribution in [0.2, 0.25) is 0 Å². The van der Waals surface area contributed by atoms with E-state index in [4.69, 9.17) is 10.5 Å². The van der Waals surface area contributed by atoms with Crippen molar-refractivity contribution in [2.24, 2.45) is 5.73 Å². The van der Waals surface area contributed by atoms with Crippen molar-refractivity contribution in [3.63, 3.8) is 0 Å². The lowest BCUT2D eigenvalue weighted by Crippen LogP contribution is -2.21.